The first kappa shape index (κ1) is 10.5. The molecule has 0 aliphatic carbocycles. The lowest BCUT2D eigenvalue weighted by Crippen LogP contribution is -2.30. The van der Waals surface area contributed by atoms with Gasteiger partial charge in [0, 0.05) is 20.1 Å². The average Bonchev–Trinajstić information content (AvgIpc) is 2.05. The summed E-state index contributed by atoms with van der Waals surface area (Å²) >= 11 is 0. The van der Waals surface area contributed by atoms with Gasteiger partial charge in [0.25, 0.3) is 0 Å². The Labute approximate surface area is 65.5 Å². The molecule has 3 nitrogen and oxygen atoms in total. The van der Waals surface area contributed by atoms with Gasteiger partial charge >= 0.3 is 0 Å². The number of methoxy groups -OCH3 is 2. The summed E-state index contributed by atoms with van der Waals surface area (Å²) in [6.07, 6.45) is -1.94. The fourth-order valence-electron chi connectivity index (χ4n) is 0.800. The van der Waals surface area contributed by atoms with Gasteiger partial charge in [-0.25, -0.2) is 4.39 Å². The topological polar surface area (TPSA) is 35.5 Å². The van der Waals surface area contributed by atoms with Crippen molar-refractivity contribution in [2.75, 3.05) is 14.2 Å². The van der Waals surface area contributed by atoms with E-state index < -0.39 is 18.4 Å². The van der Waals surface area contributed by atoms with Crippen LogP contribution in [0.5, 0.6) is 0 Å². The molecule has 2 unspecified atom stereocenters. The van der Waals surface area contributed by atoms with Gasteiger partial charge in [-0.3, -0.25) is 0 Å². The molecule has 0 rings (SSSR count). The van der Waals surface area contributed by atoms with Crippen molar-refractivity contribution < 1.29 is 18.7 Å². The van der Waals surface area contributed by atoms with Crippen LogP contribution in [0.4, 0.5) is 4.39 Å². The van der Waals surface area contributed by atoms with E-state index in [-0.39, 0.29) is 6.29 Å². The van der Waals surface area contributed by atoms with Gasteiger partial charge in [0.05, 0.1) is 0 Å². The van der Waals surface area contributed by atoms with Gasteiger partial charge < -0.3 is 14.3 Å². The van der Waals surface area contributed by atoms with Crippen molar-refractivity contribution in [2.45, 2.75) is 19.4 Å². The maximum Gasteiger partial charge on any atom is 0.162 e. The van der Waals surface area contributed by atoms with E-state index in [0.29, 0.717) is 0 Å². The molecule has 0 radical (unpaired) electrons. The number of carbonyl (C=O) groups excluding carboxylic acids is 1. The highest BCUT2D eigenvalue weighted by atomic mass is 19.1. The molecular weight excluding hydrogens is 151 g/mol. The standard InChI is InChI=1S/C7H13FO3/c1-5(6(8)4-9)7(10-2)11-3/h4-7H,1-3H3. The van der Waals surface area contributed by atoms with Crippen LogP contribution in [0.3, 0.4) is 0 Å². The Balaban J connectivity index is 3.95. The molecule has 0 saturated heterocycles. The molecule has 0 aromatic heterocycles. The Morgan fingerprint density at radius 2 is 1.82 bits per heavy atom. The van der Waals surface area contributed by atoms with E-state index in [0.717, 1.165) is 0 Å². The number of halogens is 1. The first-order chi connectivity index (χ1) is 5.17. The first-order valence-electron chi connectivity index (χ1n) is 3.32. The van der Waals surface area contributed by atoms with Crippen molar-refractivity contribution in [3.8, 4) is 0 Å². The van der Waals surface area contributed by atoms with E-state index in [9.17, 15) is 9.18 Å². The fourth-order valence-corrected chi connectivity index (χ4v) is 0.800. The SMILES string of the molecule is COC(OC)C(C)C(F)C=O. The highest BCUT2D eigenvalue weighted by Gasteiger charge is 2.24. The summed E-state index contributed by atoms with van der Waals surface area (Å²) in [5.74, 6) is -0.567. The smallest absolute Gasteiger partial charge is 0.162 e. The molecule has 66 valence electrons. The monoisotopic (exact) mass is 164 g/mol. The maximum absolute atomic E-state index is 12.6. The van der Waals surface area contributed by atoms with Crippen LogP contribution in [0.15, 0.2) is 0 Å². The minimum atomic E-state index is -1.53. The molecule has 11 heavy (non-hydrogen) atoms. The predicted molar refractivity (Wildman–Crippen MR) is 37.9 cm³/mol. The van der Waals surface area contributed by atoms with Gasteiger partial charge in [-0.2, -0.15) is 0 Å². The largest absolute Gasteiger partial charge is 0.356 e. The molecule has 0 saturated carbocycles. The van der Waals surface area contributed by atoms with E-state index in [1.165, 1.54) is 14.2 Å². The molecule has 0 bridgehead atoms. The van der Waals surface area contributed by atoms with Crippen LogP contribution in [0, 0.1) is 5.92 Å². The zero-order valence-corrected chi connectivity index (χ0v) is 6.91. The van der Waals surface area contributed by atoms with Crippen LogP contribution in [-0.4, -0.2) is 33.0 Å². The summed E-state index contributed by atoms with van der Waals surface area (Å²) < 4.78 is 22.1. The van der Waals surface area contributed by atoms with E-state index in [1.54, 1.807) is 6.92 Å². The molecule has 0 fully saturated rings. The Morgan fingerprint density at radius 3 is 2.09 bits per heavy atom. The highest BCUT2D eigenvalue weighted by molar-refractivity contribution is 5.56. The van der Waals surface area contributed by atoms with Crippen molar-refractivity contribution in [2.24, 2.45) is 5.92 Å². The predicted octanol–water partition coefficient (Wildman–Crippen LogP) is 0.778. The van der Waals surface area contributed by atoms with Crippen molar-refractivity contribution in [1.29, 1.82) is 0 Å². The number of hydrogen-bond acceptors (Lipinski definition) is 3. The van der Waals surface area contributed by atoms with Gasteiger partial charge in [0.2, 0.25) is 0 Å². The van der Waals surface area contributed by atoms with E-state index in [1.807, 2.05) is 0 Å². The van der Waals surface area contributed by atoms with Crippen LogP contribution in [0.25, 0.3) is 0 Å². The zero-order valence-electron chi connectivity index (χ0n) is 6.91. The van der Waals surface area contributed by atoms with Gasteiger partial charge in [0.15, 0.2) is 18.7 Å². The number of hydrogen-bond donors (Lipinski definition) is 0. The molecule has 0 aromatic carbocycles. The van der Waals surface area contributed by atoms with Crippen LogP contribution in [0.1, 0.15) is 6.92 Å². The summed E-state index contributed by atoms with van der Waals surface area (Å²) in [6.45, 7) is 1.55. The van der Waals surface area contributed by atoms with Crippen molar-refractivity contribution in [1.82, 2.24) is 0 Å². The Bertz CT molecular complexity index is 114. The number of rotatable bonds is 5. The minimum absolute atomic E-state index is 0.246. The molecule has 4 heteroatoms. The fraction of sp³-hybridized carbons (Fsp3) is 0.857. The number of carbonyl (C=O) groups is 1. The molecule has 0 aromatic rings. The second-order valence-corrected chi connectivity index (χ2v) is 2.28. The normalized spacial score (nSPS) is 16.5. The third-order valence-electron chi connectivity index (χ3n) is 1.53. The minimum Gasteiger partial charge on any atom is -0.356 e. The second kappa shape index (κ2) is 5.21. The molecule has 0 heterocycles. The van der Waals surface area contributed by atoms with Crippen LogP contribution in [-0.2, 0) is 14.3 Å². The number of aldehydes is 1. The van der Waals surface area contributed by atoms with Crippen LogP contribution < -0.4 is 0 Å². The van der Waals surface area contributed by atoms with E-state index in [2.05, 4.69) is 0 Å². The third kappa shape index (κ3) is 2.95. The highest BCUT2D eigenvalue weighted by Crippen LogP contribution is 2.13. The molecule has 2 atom stereocenters. The Morgan fingerprint density at radius 1 is 1.36 bits per heavy atom. The molecule has 0 spiro atoms. The third-order valence-corrected chi connectivity index (χ3v) is 1.53. The van der Waals surface area contributed by atoms with E-state index >= 15 is 0 Å². The molecule has 0 N–H and O–H groups in total. The van der Waals surface area contributed by atoms with Gasteiger partial charge in [-0.05, 0) is 0 Å². The summed E-state index contributed by atoms with van der Waals surface area (Å²) in [6, 6.07) is 0. The average molecular weight is 164 g/mol. The lowest BCUT2D eigenvalue weighted by Gasteiger charge is -2.20. The van der Waals surface area contributed by atoms with Gasteiger partial charge in [-0.15, -0.1) is 0 Å². The Hall–Kier alpha value is -0.480. The number of ether oxygens (including phenoxy) is 2. The van der Waals surface area contributed by atoms with Crippen LogP contribution >= 0.6 is 0 Å². The summed E-state index contributed by atoms with van der Waals surface area (Å²) in [4.78, 5) is 10.00. The quantitative estimate of drug-likeness (QED) is 0.445. The summed E-state index contributed by atoms with van der Waals surface area (Å²) in [5, 5.41) is 0. The van der Waals surface area contributed by atoms with Crippen LogP contribution in [0.2, 0.25) is 0 Å². The summed E-state index contributed by atoms with van der Waals surface area (Å²) in [7, 11) is 2.81. The van der Waals surface area contributed by atoms with Gasteiger partial charge in [-0.1, -0.05) is 6.92 Å². The van der Waals surface area contributed by atoms with E-state index in [4.69, 9.17) is 9.47 Å². The van der Waals surface area contributed by atoms with Gasteiger partial charge in [0.1, 0.15) is 0 Å². The lowest BCUT2D eigenvalue weighted by molar-refractivity contribution is -0.151. The number of alkyl halides is 1. The molecule has 0 aliphatic rings. The van der Waals surface area contributed by atoms with Crippen molar-refractivity contribution in [3.63, 3.8) is 0 Å². The lowest BCUT2D eigenvalue weighted by atomic mass is 10.1. The van der Waals surface area contributed by atoms with Crippen molar-refractivity contribution >= 4 is 6.29 Å². The Kier molecular flexibility index (Phi) is 4.98. The molecule has 0 amide bonds. The maximum atomic E-state index is 12.6. The zero-order chi connectivity index (χ0) is 8.85. The molecular formula is C7H13FO3. The molecule has 0 aliphatic heterocycles. The first-order valence-corrected chi connectivity index (χ1v) is 3.32. The summed E-state index contributed by atoms with van der Waals surface area (Å²) in [5.41, 5.74) is 0. The second-order valence-electron chi connectivity index (χ2n) is 2.28. The van der Waals surface area contributed by atoms with Crippen molar-refractivity contribution in [3.05, 3.63) is 0 Å².